The van der Waals surface area contributed by atoms with E-state index in [1.54, 1.807) is 13.8 Å². The van der Waals surface area contributed by atoms with Gasteiger partial charge in [-0.25, -0.2) is 9.59 Å². The van der Waals surface area contributed by atoms with Gasteiger partial charge in [0.15, 0.2) is 0 Å². The van der Waals surface area contributed by atoms with Crippen LogP contribution in [0.4, 0.5) is 0 Å². The average Bonchev–Trinajstić information content (AvgIpc) is 3.02. The molecule has 0 aliphatic carbocycles. The van der Waals surface area contributed by atoms with Gasteiger partial charge in [0.2, 0.25) is 0 Å². The highest BCUT2D eigenvalue weighted by Crippen LogP contribution is 2.33. The fraction of sp³-hybridized carbons (Fsp3) is 0.486. The van der Waals surface area contributed by atoms with Crippen LogP contribution in [0.15, 0.2) is 72.8 Å². The molecule has 248 valence electrons. The average molecular weight is 629 g/mol. The molecule has 0 fully saturated rings. The van der Waals surface area contributed by atoms with Gasteiger partial charge in [0.1, 0.15) is 37.9 Å². The number of ether oxygens (including phenoxy) is 8. The Bertz CT molecular complexity index is 1170. The van der Waals surface area contributed by atoms with Gasteiger partial charge in [-0.1, -0.05) is 51.3 Å². The fourth-order valence-corrected chi connectivity index (χ4v) is 3.82. The molecule has 0 heterocycles. The number of hydrogen-bond donors (Lipinski definition) is 0. The van der Waals surface area contributed by atoms with E-state index in [0.717, 1.165) is 22.6 Å². The zero-order valence-electron chi connectivity index (χ0n) is 27.1. The van der Waals surface area contributed by atoms with E-state index in [2.05, 4.69) is 51.3 Å². The first-order valence-electron chi connectivity index (χ1n) is 15.0. The molecule has 0 aromatic heterocycles. The van der Waals surface area contributed by atoms with Crippen molar-refractivity contribution in [3.8, 4) is 11.5 Å². The van der Waals surface area contributed by atoms with Crippen molar-refractivity contribution in [1.29, 1.82) is 0 Å². The number of benzene rings is 2. The Morgan fingerprint density at radius 2 is 0.800 bits per heavy atom. The molecule has 0 saturated carbocycles. The highest BCUT2D eigenvalue weighted by atomic mass is 16.6. The van der Waals surface area contributed by atoms with Gasteiger partial charge in [-0.15, -0.1) is 0 Å². The van der Waals surface area contributed by atoms with E-state index in [1.165, 1.54) is 0 Å². The highest BCUT2D eigenvalue weighted by Gasteiger charge is 2.23. The van der Waals surface area contributed by atoms with Crippen LogP contribution >= 0.6 is 0 Å². The molecule has 0 N–H and O–H groups in total. The molecule has 0 aliphatic heterocycles. The summed E-state index contributed by atoms with van der Waals surface area (Å²) >= 11 is 0. The number of carbonyl (C=O) groups is 2. The lowest BCUT2D eigenvalue weighted by Crippen LogP contribution is -2.19. The van der Waals surface area contributed by atoms with Crippen LogP contribution in [-0.2, 0) is 43.4 Å². The second-order valence-corrected chi connectivity index (χ2v) is 10.7. The zero-order valence-corrected chi connectivity index (χ0v) is 27.1. The Kier molecular flexibility index (Phi) is 17.6. The SMILES string of the molecule is C=C(C)C(=O)OCCOCCOCCOCCOc1ccc(C(C)(C)c2ccc(OCCOCCOC(=O)C(=C)C)cc2)cc1. The minimum Gasteiger partial charge on any atom is -0.491 e. The number of esters is 2. The molecule has 2 rings (SSSR count). The first-order valence-corrected chi connectivity index (χ1v) is 15.0. The molecule has 0 saturated heterocycles. The molecule has 0 unspecified atom stereocenters. The minimum absolute atomic E-state index is 0.187. The van der Waals surface area contributed by atoms with E-state index in [4.69, 9.17) is 37.9 Å². The monoisotopic (exact) mass is 628 g/mol. The molecule has 0 aliphatic rings. The molecular weight excluding hydrogens is 580 g/mol. The van der Waals surface area contributed by atoms with E-state index in [9.17, 15) is 9.59 Å². The number of rotatable bonds is 24. The van der Waals surface area contributed by atoms with Gasteiger partial charge in [0, 0.05) is 16.6 Å². The van der Waals surface area contributed by atoms with Crippen molar-refractivity contribution >= 4 is 11.9 Å². The maximum Gasteiger partial charge on any atom is 0.333 e. The Balaban J connectivity index is 1.57. The summed E-state index contributed by atoms with van der Waals surface area (Å²) in [6.07, 6.45) is 0. The van der Waals surface area contributed by atoms with Crippen LogP contribution in [0.5, 0.6) is 11.5 Å². The lowest BCUT2D eigenvalue weighted by atomic mass is 9.78. The van der Waals surface area contributed by atoms with E-state index in [-0.39, 0.29) is 18.6 Å². The normalized spacial score (nSPS) is 11.1. The Hall–Kier alpha value is -3.70. The Morgan fingerprint density at radius 3 is 1.11 bits per heavy atom. The van der Waals surface area contributed by atoms with Crippen LogP contribution in [0, 0.1) is 0 Å². The molecule has 0 spiro atoms. The summed E-state index contributed by atoms with van der Waals surface area (Å²) in [4.78, 5) is 22.6. The van der Waals surface area contributed by atoms with E-state index in [0.29, 0.717) is 77.2 Å². The molecule has 0 bridgehead atoms. The number of hydrogen-bond acceptors (Lipinski definition) is 10. The third-order valence-corrected chi connectivity index (χ3v) is 6.51. The molecule has 0 atom stereocenters. The Morgan fingerprint density at radius 1 is 0.511 bits per heavy atom. The van der Waals surface area contributed by atoms with Crippen LogP contribution in [-0.4, -0.2) is 91.2 Å². The molecular formula is C35H48O10. The van der Waals surface area contributed by atoms with Crippen molar-refractivity contribution in [3.63, 3.8) is 0 Å². The Labute approximate surface area is 267 Å². The number of carbonyl (C=O) groups excluding carboxylic acids is 2. The summed E-state index contributed by atoms with van der Waals surface area (Å²) in [5.41, 5.74) is 2.84. The summed E-state index contributed by atoms with van der Waals surface area (Å²) in [6, 6.07) is 16.1. The van der Waals surface area contributed by atoms with Crippen LogP contribution in [0.25, 0.3) is 0 Å². The van der Waals surface area contributed by atoms with Crippen molar-refractivity contribution in [2.45, 2.75) is 33.1 Å². The zero-order chi connectivity index (χ0) is 32.9. The summed E-state index contributed by atoms with van der Waals surface area (Å²) in [5, 5.41) is 0. The van der Waals surface area contributed by atoms with E-state index in [1.807, 2.05) is 24.3 Å². The maximum atomic E-state index is 11.3. The van der Waals surface area contributed by atoms with E-state index >= 15 is 0 Å². The largest absolute Gasteiger partial charge is 0.491 e. The van der Waals surface area contributed by atoms with Gasteiger partial charge in [0.05, 0.1) is 52.9 Å². The van der Waals surface area contributed by atoms with Gasteiger partial charge in [-0.2, -0.15) is 0 Å². The van der Waals surface area contributed by atoms with Crippen molar-refractivity contribution in [1.82, 2.24) is 0 Å². The van der Waals surface area contributed by atoms with Gasteiger partial charge < -0.3 is 37.9 Å². The molecule has 10 heteroatoms. The maximum absolute atomic E-state index is 11.3. The third kappa shape index (κ3) is 15.2. The van der Waals surface area contributed by atoms with Gasteiger partial charge in [-0.3, -0.25) is 0 Å². The summed E-state index contributed by atoms with van der Waals surface area (Å²) in [7, 11) is 0. The molecule has 0 amide bonds. The van der Waals surface area contributed by atoms with Crippen LogP contribution in [0.2, 0.25) is 0 Å². The molecule has 45 heavy (non-hydrogen) atoms. The van der Waals surface area contributed by atoms with Crippen molar-refractivity contribution in [2.24, 2.45) is 0 Å². The quantitative estimate of drug-likeness (QED) is 0.0888. The predicted molar refractivity (Wildman–Crippen MR) is 171 cm³/mol. The lowest BCUT2D eigenvalue weighted by Gasteiger charge is -2.26. The topological polar surface area (TPSA) is 108 Å². The first kappa shape index (κ1) is 37.5. The summed E-state index contributed by atoms with van der Waals surface area (Å²) in [5.74, 6) is 0.705. The summed E-state index contributed by atoms with van der Waals surface area (Å²) in [6.45, 7) is 19.0. The fourth-order valence-electron chi connectivity index (χ4n) is 3.82. The minimum atomic E-state index is -0.416. The van der Waals surface area contributed by atoms with Gasteiger partial charge in [0.25, 0.3) is 0 Å². The first-order chi connectivity index (χ1) is 21.6. The third-order valence-electron chi connectivity index (χ3n) is 6.51. The van der Waals surface area contributed by atoms with Crippen LogP contribution in [0.1, 0.15) is 38.8 Å². The molecule has 0 radical (unpaired) electrons. The van der Waals surface area contributed by atoms with Crippen LogP contribution in [0.3, 0.4) is 0 Å². The van der Waals surface area contributed by atoms with Crippen molar-refractivity contribution in [2.75, 3.05) is 79.3 Å². The molecule has 2 aromatic rings. The summed E-state index contributed by atoms with van der Waals surface area (Å²) < 4.78 is 43.3. The van der Waals surface area contributed by atoms with Gasteiger partial charge >= 0.3 is 11.9 Å². The second-order valence-electron chi connectivity index (χ2n) is 10.7. The predicted octanol–water partition coefficient (Wildman–Crippen LogP) is 5.08. The van der Waals surface area contributed by atoms with Crippen LogP contribution < -0.4 is 9.47 Å². The molecule has 2 aromatic carbocycles. The lowest BCUT2D eigenvalue weighted by molar-refractivity contribution is -0.141. The van der Waals surface area contributed by atoms with Gasteiger partial charge in [-0.05, 0) is 49.2 Å². The highest BCUT2D eigenvalue weighted by molar-refractivity contribution is 5.87. The second kappa shape index (κ2) is 21.1. The smallest absolute Gasteiger partial charge is 0.333 e. The van der Waals surface area contributed by atoms with Crippen molar-refractivity contribution < 1.29 is 47.5 Å². The standard InChI is InChI=1S/C35H48O10/c1-27(2)33(36)44-25-21-40-18-16-38-15-17-39-19-23-42-31-11-7-29(8-12-31)35(5,6)30-9-13-32(14-10-30)43-24-20-41-22-26-45-34(37)28(3)4/h7-14H,1,3,15-26H2,2,4-6H3. The van der Waals surface area contributed by atoms with E-state index < -0.39 is 11.9 Å². The molecule has 10 nitrogen and oxygen atoms in total. The van der Waals surface area contributed by atoms with Crippen molar-refractivity contribution in [3.05, 3.63) is 84.0 Å².